The molecule has 0 radical (unpaired) electrons. The maximum Gasteiger partial charge on any atom is 0.258 e. The molecule has 0 spiro atoms. The molecule has 29 heavy (non-hydrogen) atoms. The summed E-state index contributed by atoms with van der Waals surface area (Å²) in [6.45, 7) is 1.42. The summed E-state index contributed by atoms with van der Waals surface area (Å²) < 4.78 is 5.50. The van der Waals surface area contributed by atoms with Gasteiger partial charge in [0.25, 0.3) is 5.89 Å². The van der Waals surface area contributed by atoms with Gasteiger partial charge in [0, 0.05) is 50.8 Å². The number of rotatable bonds is 7. The average molecular weight is 390 g/mol. The third-order valence-electron chi connectivity index (χ3n) is 5.37. The summed E-state index contributed by atoms with van der Waals surface area (Å²) in [5.74, 6) is 1.28. The number of anilines is 1. The Morgan fingerprint density at radius 2 is 1.97 bits per heavy atom. The molecule has 1 atom stereocenters. The molecule has 4 rings (SSSR count). The Morgan fingerprint density at radius 3 is 2.76 bits per heavy atom. The van der Waals surface area contributed by atoms with Crippen LogP contribution in [0.2, 0.25) is 0 Å². The van der Waals surface area contributed by atoms with Crippen LogP contribution in [-0.2, 0) is 11.2 Å². The van der Waals surface area contributed by atoms with Crippen molar-refractivity contribution in [3.05, 3.63) is 66.0 Å². The van der Waals surface area contributed by atoms with Gasteiger partial charge < -0.3 is 14.3 Å². The lowest BCUT2D eigenvalue weighted by molar-refractivity contribution is -0.127. The van der Waals surface area contributed by atoms with E-state index < -0.39 is 0 Å². The molecule has 0 aliphatic carbocycles. The molecule has 1 fully saturated rings. The Bertz CT molecular complexity index is 968. The molecule has 2 aromatic carbocycles. The molecule has 6 nitrogen and oxygen atoms in total. The van der Waals surface area contributed by atoms with Gasteiger partial charge in [0.1, 0.15) is 0 Å². The lowest BCUT2D eigenvalue weighted by Crippen LogP contribution is -2.26. The number of aryl methyl sites for hydroxylation is 1. The van der Waals surface area contributed by atoms with E-state index in [9.17, 15) is 4.79 Å². The van der Waals surface area contributed by atoms with E-state index in [1.165, 1.54) is 5.56 Å². The van der Waals surface area contributed by atoms with Crippen LogP contribution in [0.25, 0.3) is 11.5 Å². The molecule has 3 aromatic rings. The number of aromatic nitrogens is 2. The Hall–Kier alpha value is -3.15. The minimum absolute atomic E-state index is 0.00578. The van der Waals surface area contributed by atoms with Crippen LogP contribution in [0.5, 0.6) is 0 Å². The normalized spacial score (nSPS) is 16.4. The highest BCUT2D eigenvalue weighted by atomic mass is 16.5. The lowest BCUT2D eigenvalue weighted by atomic mass is 10.1. The van der Waals surface area contributed by atoms with Crippen molar-refractivity contribution in [3.8, 4) is 11.5 Å². The highest BCUT2D eigenvalue weighted by molar-refractivity contribution is 5.79. The largest absolute Gasteiger partial charge is 0.378 e. The first-order valence-electron chi connectivity index (χ1n) is 10.0. The van der Waals surface area contributed by atoms with E-state index in [1.807, 2.05) is 54.2 Å². The molecule has 150 valence electrons. The van der Waals surface area contributed by atoms with Crippen molar-refractivity contribution in [3.63, 3.8) is 0 Å². The fourth-order valence-corrected chi connectivity index (χ4v) is 3.71. The van der Waals surface area contributed by atoms with Gasteiger partial charge in [-0.2, -0.15) is 4.98 Å². The van der Waals surface area contributed by atoms with Crippen molar-refractivity contribution >= 4 is 11.6 Å². The molecule has 1 amide bonds. The van der Waals surface area contributed by atoms with Crippen LogP contribution in [0.3, 0.4) is 0 Å². The number of hydrogen-bond donors (Lipinski definition) is 0. The van der Waals surface area contributed by atoms with Crippen molar-refractivity contribution in [2.45, 2.75) is 25.2 Å². The number of hydrogen-bond acceptors (Lipinski definition) is 5. The maximum absolute atomic E-state index is 12.4. The number of benzene rings is 2. The predicted octanol–water partition coefficient (Wildman–Crippen LogP) is 3.75. The first kappa shape index (κ1) is 19.2. The lowest BCUT2D eigenvalue weighted by Gasteiger charge is -2.15. The molecule has 1 unspecified atom stereocenters. The van der Waals surface area contributed by atoms with E-state index in [-0.39, 0.29) is 11.8 Å². The minimum Gasteiger partial charge on any atom is -0.378 e. The van der Waals surface area contributed by atoms with Crippen LogP contribution in [0.15, 0.2) is 59.1 Å². The van der Waals surface area contributed by atoms with E-state index in [4.69, 9.17) is 4.52 Å². The van der Waals surface area contributed by atoms with Crippen molar-refractivity contribution < 1.29 is 9.32 Å². The van der Waals surface area contributed by atoms with Crippen molar-refractivity contribution in [1.29, 1.82) is 0 Å². The second-order valence-electron chi connectivity index (χ2n) is 7.73. The molecule has 2 heterocycles. The van der Waals surface area contributed by atoms with Crippen LogP contribution < -0.4 is 4.90 Å². The SMILES string of the molecule is CN(C)c1cccc(-c2nc(C3CC(=O)N(CCCc4ccccc4)C3)no2)c1. The molecule has 0 bridgehead atoms. The fraction of sp³-hybridized carbons (Fsp3) is 0.348. The molecular formula is C23H26N4O2. The number of nitrogens with zero attached hydrogens (tertiary/aromatic N) is 4. The Morgan fingerprint density at radius 1 is 1.14 bits per heavy atom. The van der Waals surface area contributed by atoms with Gasteiger partial charge in [-0.1, -0.05) is 41.6 Å². The molecule has 1 aliphatic heterocycles. The molecule has 1 aromatic heterocycles. The maximum atomic E-state index is 12.4. The highest BCUT2D eigenvalue weighted by Gasteiger charge is 2.33. The van der Waals surface area contributed by atoms with Gasteiger partial charge >= 0.3 is 0 Å². The quantitative estimate of drug-likeness (QED) is 0.615. The van der Waals surface area contributed by atoms with Crippen LogP contribution in [0, 0.1) is 0 Å². The number of carbonyl (C=O) groups is 1. The second-order valence-corrected chi connectivity index (χ2v) is 7.73. The van der Waals surface area contributed by atoms with Gasteiger partial charge in [0.15, 0.2) is 5.82 Å². The topological polar surface area (TPSA) is 62.5 Å². The standard InChI is InChI=1S/C23H26N4O2/c1-26(2)20-12-6-11-18(14-20)23-24-22(25-29-23)19-15-21(28)27(16-19)13-7-10-17-8-4-3-5-9-17/h3-6,8-9,11-12,14,19H,7,10,13,15-16H2,1-2H3. The Labute approximate surface area is 171 Å². The van der Waals surface area contributed by atoms with Crippen LogP contribution in [0.1, 0.15) is 30.1 Å². The minimum atomic E-state index is -0.00578. The van der Waals surface area contributed by atoms with Crippen molar-refractivity contribution in [2.75, 3.05) is 32.1 Å². The van der Waals surface area contributed by atoms with E-state index in [2.05, 4.69) is 34.4 Å². The summed E-state index contributed by atoms with van der Waals surface area (Å²) in [6.07, 6.45) is 2.38. The summed E-state index contributed by atoms with van der Waals surface area (Å²) in [5, 5.41) is 4.17. The molecule has 0 N–H and O–H groups in total. The van der Waals surface area contributed by atoms with Gasteiger partial charge in [0.2, 0.25) is 5.91 Å². The van der Waals surface area contributed by atoms with Gasteiger partial charge in [-0.05, 0) is 36.6 Å². The van der Waals surface area contributed by atoms with E-state index in [1.54, 1.807) is 0 Å². The van der Waals surface area contributed by atoms with E-state index >= 15 is 0 Å². The molecule has 1 aliphatic rings. The zero-order chi connectivity index (χ0) is 20.2. The summed E-state index contributed by atoms with van der Waals surface area (Å²) in [6, 6.07) is 18.4. The zero-order valence-electron chi connectivity index (χ0n) is 16.9. The van der Waals surface area contributed by atoms with Crippen molar-refractivity contribution in [1.82, 2.24) is 15.0 Å². The Balaban J connectivity index is 1.37. The summed E-state index contributed by atoms with van der Waals surface area (Å²) >= 11 is 0. The van der Waals surface area contributed by atoms with E-state index in [0.717, 1.165) is 30.6 Å². The second kappa shape index (κ2) is 8.47. The number of amides is 1. The fourth-order valence-electron chi connectivity index (χ4n) is 3.71. The molecule has 1 saturated heterocycles. The van der Waals surface area contributed by atoms with Gasteiger partial charge in [-0.3, -0.25) is 4.79 Å². The smallest absolute Gasteiger partial charge is 0.258 e. The molecule has 6 heteroatoms. The summed E-state index contributed by atoms with van der Waals surface area (Å²) in [4.78, 5) is 21.0. The third kappa shape index (κ3) is 4.47. The predicted molar refractivity (Wildman–Crippen MR) is 113 cm³/mol. The number of likely N-dealkylation sites (tertiary alicyclic amines) is 1. The molecule has 0 saturated carbocycles. The highest BCUT2D eigenvalue weighted by Crippen LogP contribution is 2.29. The summed E-state index contributed by atoms with van der Waals surface area (Å²) in [5.41, 5.74) is 3.26. The monoisotopic (exact) mass is 390 g/mol. The summed E-state index contributed by atoms with van der Waals surface area (Å²) in [7, 11) is 3.99. The molecular weight excluding hydrogens is 364 g/mol. The number of carbonyl (C=O) groups excluding carboxylic acids is 1. The van der Waals surface area contributed by atoms with Gasteiger partial charge in [-0.15, -0.1) is 0 Å². The van der Waals surface area contributed by atoms with Crippen molar-refractivity contribution in [2.24, 2.45) is 0 Å². The zero-order valence-corrected chi connectivity index (χ0v) is 16.9. The van der Waals surface area contributed by atoms with Gasteiger partial charge in [-0.25, -0.2) is 0 Å². The van der Waals surface area contributed by atoms with Crippen LogP contribution in [-0.4, -0.2) is 48.1 Å². The van der Waals surface area contributed by atoms with Crippen LogP contribution >= 0.6 is 0 Å². The first-order chi connectivity index (χ1) is 14.1. The van der Waals surface area contributed by atoms with E-state index in [0.29, 0.717) is 24.7 Å². The third-order valence-corrected chi connectivity index (χ3v) is 5.37. The van der Waals surface area contributed by atoms with Gasteiger partial charge in [0.05, 0.1) is 0 Å². The first-order valence-corrected chi connectivity index (χ1v) is 10.0. The average Bonchev–Trinajstić information content (AvgIpc) is 3.36. The Kier molecular flexibility index (Phi) is 5.60. The van der Waals surface area contributed by atoms with Crippen LogP contribution in [0.4, 0.5) is 5.69 Å².